The normalized spacial score (nSPS) is 20.1. The molecule has 2 aromatic heterocycles. The summed E-state index contributed by atoms with van der Waals surface area (Å²) in [6.07, 6.45) is 6.90. The van der Waals surface area contributed by atoms with Crippen molar-refractivity contribution < 1.29 is 14.4 Å². The molecular weight excluding hydrogens is 374 g/mol. The van der Waals surface area contributed by atoms with Crippen molar-refractivity contribution in [2.45, 2.75) is 32.2 Å². The molecule has 2 aromatic rings. The fourth-order valence-electron chi connectivity index (χ4n) is 3.74. The zero-order valence-corrected chi connectivity index (χ0v) is 16.2. The minimum atomic E-state index is -0.588. The van der Waals surface area contributed by atoms with Gasteiger partial charge in [-0.05, 0) is 25.8 Å². The van der Waals surface area contributed by atoms with Gasteiger partial charge in [0.25, 0.3) is 5.91 Å². The highest BCUT2D eigenvalue weighted by atomic mass is 16.7. The van der Waals surface area contributed by atoms with Gasteiger partial charge in [0.15, 0.2) is 0 Å². The second kappa shape index (κ2) is 8.08. The van der Waals surface area contributed by atoms with Crippen LogP contribution in [-0.4, -0.2) is 56.5 Å². The number of anilines is 1. The Labute approximate surface area is 168 Å². The predicted octanol–water partition coefficient (Wildman–Crippen LogP) is 0.796. The average Bonchev–Trinajstić information content (AvgIpc) is 3.23. The van der Waals surface area contributed by atoms with Gasteiger partial charge in [-0.1, -0.05) is 0 Å². The van der Waals surface area contributed by atoms with E-state index in [2.05, 4.69) is 19.9 Å². The summed E-state index contributed by atoms with van der Waals surface area (Å²) >= 11 is 0. The zero-order valence-electron chi connectivity index (χ0n) is 16.2. The molecule has 2 amide bonds. The fourth-order valence-corrected chi connectivity index (χ4v) is 3.74. The topological polar surface area (TPSA) is 127 Å². The van der Waals surface area contributed by atoms with Gasteiger partial charge in [0, 0.05) is 37.8 Å². The van der Waals surface area contributed by atoms with Crippen LogP contribution in [0, 0.1) is 12.8 Å². The largest absolute Gasteiger partial charge is 0.364 e. The SMILES string of the molecule is Cc1cncc([C@@H]2CCON2C(=O)C2CCN(c3nccc(C(N)=O)n3)CC2)n1. The average molecular weight is 397 g/mol. The van der Waals surface area contributed by atoms with Crippen molar-refractivity contribution in [3.63, 3.8) is 0 Å². The number of hydrogen-bond donors (Lipinski definition) is 1. The van der Waals surface area contributed by atoms with Crippen LogP contribution in [0.3, 0.4) is 0 Å². The summed E-state index contributed by atoms with van der Waals surface area (Å²) in [5, 5.41) is 1.48. The molecule has 0 radical (unpaired) electrons. The van der Waals surface area contributed by atoms with E-state index in [1.807, 2.05) is 11.8 Å². The van der Waals surface area contributed by atoms with Gasteiger partial charge in [-0.15, -0.1) is 0 Å². The number of primary amides is 1. The van der Waals surface area contributed by atoms with Crippen LogP contribution in [0.1, 0.15) is 47.2 Å². The molecule has 2 fully saturated rings. The summed E-state index contributed by atoms with van der Waals surface area (Å²) in [5.74, 6) is -0.307. The Morgan fingerprint density at radius 1 is 1.17 bits per heavy atom. The summed E-state index contributed by atoms with van der Waals surface area (Å²) < 4.78 is 0. The van der Waals surface area contributed by atoms with E-state index in [1.54, 1.807) is 12.4 Å². The van der Waals surface area contributed by atoms with Crippen LogP contribution in [0.4, 0.5) is 5.95 Å². The number of aromatic nitrogens is 4. The second-order valence-electron chi connectivity index (χ2n) is 7.25. The number of aryl methyl sites for hydroxylation is 1. The first kappa shape index (κ1) is 19.2. The summed E-state index contributed by atoms with van der Waals surface area (Å²) in [6, 6.07) is 1.28. The number of carbonyl (C=O) groups excluding carboxylic acids is 2. The fraction of sp³-hybridized carbons (Fsp3) is 0.474. The number of hydroxylamine groups is 2. The van der Waals surface area contributed by atoms with Crippen LogP contribution in [-0.2, 0) is 9.63 Å². The van der Waals surface area contributed by atoms with Crippen molar-refractivity contribution in [2.24, 2.45) is 11.7 Å². The third-order valence-corrected chi connectivity index (χ3v) is 5.26. The highest BCUT2D eigenvalue weighted by Crippen LogP contribution is 2.32. The van der Waals surface area contributed by atoms with E-state index in [0.717, 1.165) is 11.4 Å². The Balaban J connectivity index is 1.41. The maximum Gasteiger partial charge on any atom is 0.267 e. The lowest BCUT2D eigenvalue weighted by Gasteiger charge is -2.33. The molecule has 0 aliphatic carbocycles. The second-order valence-corrected chi connectivity index (χ2v) is 7.25. The van der Waals surface area contributed by atoms with Gasteiger partial charge < -0.3 is 10.6 Å². The van der Waals surface area contributed by atoms with Crippen LogP contribution in [0.2, 0.25) is 0 Å². The molecule has 10 nitrogen and oxygen atoms in total. The Morgan fingerprint density at radius 2 is 1.97 bits per heavy atom. The van der Waals surface area contributed by atoms with E-state index in [9.17, 15) is 9.59 Å². The van der Waals surface area contributed by atoms with E-state index in [4.69, 9.17) is 10.6 Å². The molecule has 1 atom stereocenters. The van der Waals surface area contributed by atoms with Crippen LogP contribution in [0.25, 0.3) is 0 Å². The van der Waals surface area contributed by atoms with Crippen LogP contribution < -0.4 is 10.6 Å². The Bertz CT molecular complexity index is 914. The van der Waals surface area contributed by atoms with Crippen LogP contribution in [0.5, 0.6) is 0 Å². The summed E-state index contributed by atoms with van der Waals surface area (Å²) in [6.45, 7) is 3.59. The first-order valence-electron chi connectivity index (χ1n) is 9.65. The van der Waals surface area contributed by atoms with Crippen molar-refractivity contribution in [3.05, 3.63) is 41.7 Å². The predicted molar refractivity (Wildman–Crippen MR) is 102 cm³/mol. The number of nitrogens with zero attached hydrogens (tertiary/aromatic N) is 6. The lowest BCUT2D eigenvalue weighted by atomic mass is 9.95. The van der Waals surface area contributed by atoms with Crippen molar-refractivity contribution >= 4 is 17.8 Å². The molecule has 2 aliphatic heterocycles. The van der Waals surface area contributed by atoms with Gasteiger partial charge in [-0.2, -0.15) is 0 Å². The number of nitrogens with two attached hydrogens (primary N) is 1. The highest BCUT2D eigenvalue weighted by Gasteiger charge is 2.38. The molecule has 0 unspecified atom stereocenters. The first-order valence-corrected chi connectivity index (χ1v) is 9.65. The Morgan fingerprint density at radius 3 is 2.69 bits per heavy atom. The first-order chi connectivity index (χ1) is 14.0. The van der Waals surface area contributed by atoms with Gasteiger partial charge in [-0.3, -0.25) is 24.4 Å². The third-order valence-electron chi connectivity index (χ3n) is 5.26. The van der Waals surface area contributed by atoms with Crippen molar-refractivity contribution in [3.8, 4) is 0 Å². The number of rotatable bonds is 4. The van der Waals surface area contributed by atoms with Gasteiger partial charge in [0.05, 0.1) is 24.2 Å². The standard InChI is InChI=1S/C19H23N7O3/c1-12-10-21-11-15(23-12)16-5-9-29-26(16)18(28)13-3-7-25(8-4-13)19-22-6-2-14(24-19)17(20)27/h2,6,10-11,13,16H,3-5,7-9H2,1H3,(H2,20,27)/t16-/m0/s1. The van der Waals surface area contributed by atoms with Crippen molar-refractivity contribution in [2.75, 3.05) is 24.6 Å². The summed E-state index contributed by atoms with van der Waals surface area (Å²) in [5.41, 5.74) is 7.04. The van der Waals surface area contributed by atoms with E-state index in [0.29, 0.717) is 44.9 Å². The van der Waals surface area contributed by atoms with Crippen molar-refractivity contribution in [1.82, 2.24) is 25.0 Å². The van der Waals surface area contributed by atoms with Crippen LogP contribution >= 0.6 is 0 Å². The van der Waals surface area contributed by atoms with Gasteiger partial charge in [-0.25, -0.2) is 15.0 Å². The lowest BCUT2D eigenvalue weighted by Crippen LogP contribution is -2.42. The number of piperidine rings is 1. The molecule has 4 rings (SSSR count). The lowest BCUT2D eigenvalue weighted by molar-refractivity contribution is -0.182. The molecule has 0 aromatic carbocycles. The maximum absolute atomic E-state index is 13.1. The van der Waals surface area contributed by atoms with Gasteiger partial charge in [0.1, 0.15) is 11.7 Å². The van der Waals surface area contributed by atoms with E-state index < -0.39 is 5.91 Å². The van der Waals surface area contributed by atoms with E-state index >= 15 is 0 Å². The Kier molecular flexibility index (Phi) is 5.34. The maximum atomic E-state index is 13.1. The van der Waals surface area contributed by atoms with E-state index in [-0.39, 0.29) is 23.6 Å². The molecule has 152 valence electrons. The Hall–Kier alpha value is -3.14. The molecule has 0 spiro atoms. The minimum absolute atomic E-state index is 0.0257. The molecule has 4 heterocycles. The molecular formula is C19H23N7O3. The molecule has 2 aliphatic rings. The van der Waals surface area contributed by atoms with E-state index in [1.165, 1.54) is 17.3 Å². The smallest absolute Gasteiger partial charge is 0.267 e. The number of hydrogen-bond acceptors (Lipinski definition) is 8. The molecule has 0 bridgehead atoms. The number of amides is 2. The van der Waals surface area contributed by atoms with Crippen LogP contribution in [0.15, 0.2) is 24.7 Å². The molecule has 10 heteroatoms. The quantitative estimate of drug-likeness (QED) is 0.802. The monoisotopic (exact) mass is 397 g/mol. The molecule has 0 saturated carbocycles. The van der Waals surface area contributed by atoms with Gasteiger partial charge in [0.2, 0.25) is 11.9 Å². The highest BCUT2D eigenvalue weighted by molar-refractivity contribution is 5.90. The van der Waals surface area contributed by atoms with Crippen molar-refractivity contribution in [1.29, 1.82) is 0 Å². The van der Waals surface area contributed by atoms with Gasteiger partial charge >= 0.3 is 0 Å². The zero-order chi connectivity index (χ0) is 20.4. The molecule has 29 heavy (non-hydrogen) atoms. The summed E-state index contributed by atoms with van der Waals surface area (Å²) in [4.78, 5) is 49.2. The summed E-state index contributed by atoms with van der Waals surface area (Å²) in [7, 11) is 0. The molecule has 2 N–H and O–H groups in total. The number of carbonyl (C=O) groups is 2. The minimum Gasteiger partial charge on any atom is -0.364 e. The molecule has 2 saturated heterocycles. The third kappa shape index (κ3) is 4.02.